The minimum atomic E-state index is -0.0994. The molecule has 0 amide bonds. The minimum Gasteiger partial charge on any atom is -0.507 e. The van der Waals surface area contributed by atoms with Gasteiger partial charge in [0.15, 0.2) is 0 Å². The average molecular weight is 2290 g/mol. The first-order chi connectivity index (χ1) is 60.3. The van der Waals surface area contributed by atoms with E-state index in [4.69, 9.17) is 24.9 Å². The number of aromatic nitrogens is 6. The second-order valence-electron chi connectivity index (χ2n) is 37.0. The monoisotopic (exact) mass is 2290 g/mol. The van der Waals surface area contributed by atoms with E-state index in [1.54, 1.807) is 52.2 Å². The Balaban J connectivity index is 0.000000165. The van der Waals surface area contributed by atoms with E-state index in [-0.39, 0.29) is 96.7 Å². The number of hydrogen-bond donors (Lipinski definition) is 3. The first-order valence-corrected chi connectivity index (χ1v) is 45.8. The molecule has 129 heavy (non-hydrogen) atoms. The number of phenols is 3. The summed E-state index contributed by atoms with van der Waals surface area (Å²) in [5.41, 5.74) is 32.5. The molecule has 12 aromatic carbocycles. The molecule has 0 spiro atoms. The van der Waals surface area contributed by atoms with Crippen LogP contribution in [0.25, 0.3) is 163 Å². The third-order valence-corrected chi connectivity index (χ3v) is 26.4. The number of fused-ring (bicyclic) bond motifs is 3. The Kier molecular flexibility index (Phi) is 29.9. The smallest absolute Gasteiger partial charge is 0.127 e. The fourth-order valence-corrected chi connectivity index (χ4v) is 18.7. The number of rotatable bonds is 16. The first kappa shape index (κ1) is 95.8. The second-order valence-corrected chi connectivity index (χ2v) is 40.0. The van der Waals surface area contributed by atoms with Gasteiger partial charge >= 0.3 is 0 Å². The maximum absolute atomic E-state index is 10.7. The van der Waals surface area contributed by atoms with Crippen LogP contribution in [0.4, 0.5) is 0 Å². The molecule has 0 aliphatic heterocycles. The van der Waals surface area contributed by atoms with E-state index in [0.717, 1.165) is 152 Å². The maximum Gasteiger partial charge on any atom is 0.127 e. The molecule has 0 bridgehead atoms. The van der Waals surface area contributed by atoms with Gasteiger partial charge in [-0.15, -0.1) is 123 Å². The van der Waals surface area contributed by atoms with Gasteiger partial charge in [-0.05, 0) is 179 Å². The van der Waals surface area contributed by atoms with Crippen molar-refractivity contribution in [3.63, 3.8) is 0 Å². The summed E-state index contributed by atoms with van der Waals surface area (Å²) < 4.78 is 3.26. The van der Waals surface area contributed by atoms with Crippen molar-refractivity contribution in [3.8, 4) is 149 Å². The molecule has 9 nitrogen and oxygen atoms in total. The molecule has 0 saturated carbocycles. The van der Waals surface area contributed by atoms with Crippen molar-refractivity contribution >= 4 is 64.7 Å². The molecule has 18 rings (SSSR count). The normalized spacial score (nSPS) is 11.6. The zero-order chi connectivity index (χ0) is 88.6. The summed E-state index contributed by atoms with van der Waals surface area (Å²) in [7, 11) is 0. The van der Waals surface area contributed by atoms with Crippen LogP contribution in [0.3, 0.4) is 0 Å². The van der Waals surface area contributed by atoms with Gasteiger partial charge in [0.1, 0.15) is 32.3 Å². The third-order valence-electron chi connectivity index (χ3n) is 23.2. The van der Waals surface area contributed by atoms with Crippen molar-refractivity contribution in [3.05, 3.63) is 343 Å². The predicted molar refractivity (Wildman–Crippen MR) is 531 cm³/mol. The Morgan fingerprint density at radius 1 is 0.256 bits per heavy atom. The molecule has 0 radical (unpaired) electrons. The van der Waals surface area contributed by atoms with Crippen molar-refractivity contribution in [2.75, 3.05) is 0 Å². The van der Waals surface area contributed by atoms with Gasteiger partial charge in [-0.1, -0.05) is 297 Å². The molecular weight excluding hydrogens is 2180 g/mol. The van der Waals surface area contributed by atoms with E-state index in [1.807, 2.05) is 116 Å². The molecule has 0 aliphatic rings. The molecule has 0 saturated heterocycles. The predicted octanol–water partition coefficient (Wildman–Crippen LogP) is 32.0. The van der Waals surface area contributed by atoms with Crippen LogP contribution >= 0.6 is 34.0 Å². The van der Waals surface area contributed by atoms with E-state index in [1.165, 1.54) is 50.1 Å². The number of benzene rings is 12. The van der Waals surface area contributed by atoms with Gasteiger partial charge in [0.2, 0.25) is 0 Å². The van der Waals surface area contributed by atoms with Gasteiger partial charge in [0.25, 0.3) is 0 Å². The summed E-state index contributed by atoms with van der Waals surface area (Å²) in [5.74, 6) is 2.52. The number of aromatic hydroxyl groups is 3. The fraction of sp³-hybridized carbons (Fsp3) is 0.211. The number of thiazole rings is 3. The van der Waals surface area contributed by atoms with Gasteiger partial charge < -0.3 is 15.3 Å². The van der Waals surface area contributed by atoms with Gasteiger partial charge in [-0.3, -0.25) is 15.0 Å². The molecule has 0 fully saturated rings. The van der Waals surface area contributed by atoms with E-state index in [9.17, 15) is 15.3 Å². The van der Waals surface area contributed by atoms with Crippen molar-refractivity contribution in [2.45, 2.75) is 158 Å². The van der Waals surface area contributed by atoms with Crippen molar-refractivity contribution in [1.82, 2.24) is 29.9 Å². The van der Waals surface area contributed by atoms with Crippen LogP contribution in [0.2, 0.25) is 0 Å². The Bertz CT molecular complexity index is 7010. The molecule has 18 aromatic rings. The van der Waals surface area contributed by atoms with Crippen molar-refractivity contribution in [1.29, 1.82) is 0 Å². The largest absolute Gasteiger partial charge is 0.507 e. The number of pyridine rings is 3. The molecule has 15 heteroatoms. The van der Waals surface area contributed by atoms with Gasteiger partial charge in [0, 0.05) is 113 Å². The topological polar surface area (TPSA) is 138 Å². The first-order valence-electron chi connectivity index (χ1n) is 43.4. The molecule has 0 atom stereocenters. The van der Waals surface area contributed by atoms with Crippen LogP contribution in [0.15, 0.2) is 286 Å². The minimum absolute atomic E-state index is 0. The molecular formula is C114H105N6O3Pt3S3-3. The zero-order valence-electron chi connectivity index (χ0n) is 75.6. The Labute approximate surface area is 815 Å². The number of hydrogen-bond acceptors (Lipinski definition) is 12. The van der Waals surface area contributed by atoms with E-state index >= 15 is 0 Å². The van der Waals surface area contributed by atoms with Gasteiger partial charge in [0.05, 0.1) is 33.2 Å². The number of para-hydroxylation sites is 4. The van der Waals surface area contributed by atoms with Crippen LogP contribution in [0, 0.1) is 18.2 Å². The maximum atomic E-state index is 10.7. The number of phenolic OH excluding ortho intramolecular Hbond substituents is 3. The summed E-state index contributed by atoms with van der Waals surface area (Å²) >= 11 is 4.81. The summed E-state index contributed by atoms with van der Waals surface area (Å²) in [6.45, 7) is 38.3. The Morgan fingerprint density at radius 3 is 0.961 bits per heavy atom. The second kappa shape index (κ2) is 40.3. The van der Waals surface area contributed by atoms with Gasteiger partial charge in [-0.25, -0.2) is 15.0 Å². The summed E-state index contributed by atoms with van der Waals surface area (Å²) in [6, 6.07) is 102. The van der Waals surface area contributed by atoms with Crippen LogP contribution < -0.4 is 0 Å². The standard InChI is InChI=1S/C44H47N2OS.C40H39N2OS.C30H19N2OS.3Pt/c1-26(2)29-17-30(27(3)4)19-31(18-29)28-15-16-45-38(23-28)33-20-32(21-34(22-33)43(5,6)7)37-24-35(44(8,9)10)25-40-41(37)46-42(48-40)36-13-11-12-14-39(36)47;1-24(2)29-18-30(25(3)4)20-31(19-29)26-15-16-41-35(21-26)28-12-10-11-27(17-28)34-22-32(40(5,6)7)23-37-38(34)42-39(44-37)33-13-8-9-14-36(33)43;33-27-14-5-4-12-25(27)30-32-29-24(13-7-15-28(29)34-30)22-10-6-11-23(18-22)26-19-21(16-17-31-26)20-8-2-1-3-9-20;;;/h11-19,21-27,47H,1-10H3;8-16,18-25,43H,1-7H3;1-17,19,33H;;;/q3*-1;;;. The number of nitrogens with zero attached hydrogens (tertiary/aromatic N) is 6. The molecule has 660 valence electrons. The van der Waals surface area contributed by atoms with E-state index in [2.05, 4.69) is 293 Å². The van der Waals surface area contributed by atoms with Crippen LogP contribution in [0.5, 0.6) is 17.2 Å². The van der Waals surface area contributed by atoms with Crippen molar-refractivity contribution < 1.29 is 78.5 Å². The molecule has 0 unspecified atom stereocenters. The average Bonchev–Trinajstić information content (AvgIpc) is 1.65. The SMILES string of the molecule is CC(C)c1cc(-c2ccnc(-c3[c-]c(-c4cc(C(C)(C)C)cc5sc(-c6ccccc6O)nc45)cc(C(C)(C)C)c3)c2)cc(C(C)C)c1.CC(C)c1cc(-c2ccnc(-c3[c-]c(-c4cc(C(C)(C)C)cc5sc(-c6ccccc6O)nc45)ccc3)c2)cc(C(C)C)c1.Oc1ccccc1-c1nc2c(-c3[c-]c(-c4cc(-c5ccccc5)ccn4)ccc3)cccc2s1.[Pt].[Pt].[Pt]. The Hall–Kier alpha value is -10.8. The third kappa shape index (κ3) is 21.6. The molecule has 6 heterocycles. The zero-order valence-corrected chi connectivity index (χ0v) is 84.9. The molecule has 6 aromatic heterocycles. The Morgan fingerprint density at radius 2 is 0.566 bits per heavy atom. The summed E-state index contributed by atoms with van der Waals surface area (Å²) in [5, 5.41) is 34.0. The van der Waals surface area contributed by atoms with E-state index in [0.29, 0.717) is 23.7 Å². The van der Waals surface area contributed by atoms with Crippen molar-refractivity contribution in [2.24, 2.45) is 0 Å². The quantitative estimate of drug-likeness (QED) is 0.0807. The molecule has 3 N–H and O–H groups in total. The fourth-order valence-electron chi connectivity index (χ4n) is 15.6. The summed E-state index contributed by atoms with van der Waals surface area (Å²) in [6.07, 6.45) is 5.67. The summed E-state index contributed by atoms with van der Waals surface area (Å²) in [4.78, 5) is 29.4. The van der Waals surface area contributed by atoms with Gasteiger partial charge in [-0.2, -0.15) is 0 Å². The van der Waals surface area contributed by atoms with Crippen LogP contribution in [-0.2, 0) is 79.4 Å². The van der Waals surface area contributed by atoms with Crippen LogP contribution in [0.1, 0.15) is 180 Å². The van der Waals surface area contributed by atoms with E-state index < -0.39 is 0 Å². The molecule has 0 aliphatic carbocycles. The van der Waals surface area contributed by atoms with Crippen LogP contribution in [-0.4, -0.2) is 45.2 Å².